The lowest BCUT2D eigenvalue weighted by atomic mass is 9.96. The van der Waals surface area contributed by atoms with Crippen molar-refractivity contribution in [3.05, 3.63) is 68.8 Å². The fourth-order valence-corrected chi connectivity index (χ4v) is 3.92. The largest absolute Gasteiger partial charge is 0.324 e. The summed E-state index contributed by atoms with van der Waals surface area (Å²) in [6.45, 7) is 0. The minimum absolute atomic E-state index is 0.158. The number of rotatable bonds is 3. The molecule has 1 aromatic carbocycles. The SMILES string of the molecule is O=C(Nc1cc2c([nH]c1=O)CCCC2)c1csc(-c2ccccc2F)n1. The zero-order chi connectivity index (χ0) is 18.1. The Labute approximate surface area is 152 Å². The number of hydrogen-bond donors (Lipinski definition) is 2. The monoisotopic (exact) mass is 369 g/mol. The number of thiazole rings is 1. The van der Waals surface area contributed by atoms with Gasteiger partial charge in [-0.3, -0.25) is 9.59 Å². The molecule has 4 rings (SSSR count). The Bertz CT molecular complexity index is 1040. The Morgan fingerprint density at radius 1 is 1.23 bits per heavy atom. The molecular weight excluding hydrogens is 353 g/mol. The molecule has 2 aromatic heterocycles. The first-order valence-corrected chi connectivity index (χ1v) is 9.26. The average molecular weight is 369 g/mol. The van der Waals surface area contributed by atoms with Crippen LogP contribution in [-0.4, -0.2) is 15.9 Å². The molecule has 0 fully saturated rings. The van der Waals surface area contributed by atoms with E-state index in [1.165, 1.54) is 17.4 Å². The zero-order valence-corrected chi connectivity index (χ0v) is 14.7. The van der Waals surface area contributed by atoms with E-state index >= 15 is 0 Å². The summed E-state index contributed by atoms with van der Waals surface area (Å²) in [4.78, 5) is 31.7. The third kappa shape index (κ3) is 3.17. The van der Waals surface area contributed by atoms with Gasteiger partial charge in [-0.1, -0.05) is 12.1 Å². The Morgan fingerprint density at radius 2 is 2.04 bits per heavy atom. The lowest BCUT2D eigenvalue weighted by molar-refractivity contribution is 0.102. The first-order chi connectivity index (χ1) is 12.6. The minimum atomic E-state index is -0.481. The molecule has 26 heavy (non-hydrogen) atoms. The van der Waals surface area contributed by atoms with Crippen LogP contribution in [0.3, 0.4) is 0 Å². The number of benzene rings is 1. The first kappa shape index (κ1) is 16.7. The number of aromatic amines is 1. The van der Waals surface area contributed by atoms with Crippen LogP contribution in [0.5, 0.6) is 0 Å². The summed E-state index contributed by atoms with van der Waals surface area (Å²) in [7, 11) is 0. The minimum Gasteiger partial charge on any atom is -0.324 e. The van der Waals surface area contributed by atoms with E-state index in [-0.39, 0.29) is 22.8 Å². The maximum atomic E-state index is 13.9. The van der Waals surface area contributed by atoms with Crippen molar-refractivity contribution < 1.29 is 9.18 Å². The molecule has 132 valence electrons. The van der Waals surface area contributed by atoms with Crippen LogP contribution < -0.4 is 10.9 Å². The summed E-state index contributed by atoms with van der Waals surface area (Å²) in [5.74, 6) is -0.870. The Morgan fingerprint density at radius 3 is 2.88 bits per heavy atom. The van der Waals surface area contributed by atoms with E-state index in [0.29, 0.717) is 10.6 Å². The molecule has 0 unspecified atom stereocenters. The smallest absolute Gasteiger partial charge is 0.275 e. The van der Waals surface area contributed by atoms with Crippen molar-refractivity contribution in [3.63, 3.8) is 0 Å². The van der Waals surface area contributed by atoms with Crippen molar-refractivity contribution in [1.29, 1.82) is 0 Å². The molecule has 5 nitrogen and oxygen atoms in total. The van der Waals surface area contributed by atoms with Crippen LogP contribution in [0.2, 0.25) is 0 Å². The average Bonchev–Trinajstić information content (AvgIpc) is 3.13. The molecule has 2 N–H and O–H groups in total. The van der Waals surface area contributed by atoms with Gasteiger partial charge in [-0.25, -0.2) is 9.37 Å². The normalized spacial score (nSPS) is 13.3. The number of anilines is 1. The number of hydrogen-bond acceptors (Lipinski definition) is 4. The van der Waals surface area contributed by atoms with Crippen molar-refractivity contribution >= 4 is 22.9 Å². The molecular formula is C19H16FN3O2S. The van der Waals surface area contributed by atoms with Gasteiger partial charge >= 0.3 is 0 Å². The van der Waals surface area contributed by atoms with E-state index < -0.39 is 5.91 Å². The second-order valence-electron chi connectivity index (χ2n) is 6.19. The molecule has 1 aliphatic carbocycles. The molecule has 0 aliphatic heterocycles. The van der Waals surface area contributed by atoms with Crippen LogP contribution in [0, 0.1) is 5.82 Å². The predicted molar refractivity (Wildman–Crippen MR) is 99.2 cm³/mol. The number of aryl methyl sites for hydroxylation is 2. The molecule has 0 saturated carbocycles. The standard InChI is InChI=1S/C19H16FN3O2S/c20-13-7-3-2-6-12(13)19-23-16(10-26-19)18(25)22-15-9-11-5-1-4-8-14(11)21-17(15)24/h2-3,6-7,9-10H,1,4-5,8H2,(H,21,24)(H,22,25). The number of nitrogens with zero attached hydrogens (tertiary/aromatic N) is 1. The van der Waals surface area contributed by atoms with Crippen LogP contribution in [0.1, 0.15) is 34.6 Å². The number of carbonyl (C=O) groups excluding carboxylic acids is 1. The number of halogens is 1. The van der Waals surface area contributed by atoms with Gasteiger partial charge in [-0.15, -0.1) is 11.3 Å². The molecule has 0 bridgehead atoms. The zero-order valence-electron chi connectivity index (χ0n) is 13.8. The number of carbonyl (C=O) groups is 1. The summed E-state index contributed by atoms with van der Waals surface area (Å²) in [5.41, 5.74) is 2.43. The molecule has 0 spiro atoms. The van der Waals surface area contributed by atoms with Gasteiger partial charge in [0.05, 0.1) is 0 Å². The highest BCUT2D eigenvalue weighted by atomic mass is 32.1. The second kappa shape index (κ2) is 6.84. The lowest BCUT2D eigenvalue weighted by Crippen LogP contribution is -2.23. The van der Waals surface area contributed by atoms with Crippen LogP contribution in [-0.2, 0) is 12.8 Å². The van der Waals surface area contributed by atoms with Gasteiger partial charge in [-0.05, 0) is 49.4 Å². The summed E-state index contributed by atoms with van der Waals surface area (Å²) in [6.07, 6.45) is 3.89. The topological polar surface area (TPSA) is 74.8 Å². The van der Waals surface area contributed by atoms with Gasteiger partial charge < -0.3 is 10.3 Å². The predicted octanol–water partition coefficient (Wildman–Crippen LogP) is 3.77. The third-order valence-electron chi connectivity index (χ3n) is 4.43. The van der Waals surface area contributed by atoms with E-state index in [1.54, 1.807) is 29.6 Å². The van der Waals surface area contributed by atoms with Crippen molar-refractivity contribution in [2.24, 2.45) is 0 Å². The number of amides is 1. The quantitative estimate of drug-likeness (QED) is 0.738. The Hall–Kier alpha value is -2.80. The van der Waals surface area contributed by atoms with Crippen molar-refractivity contribution in [2.75, 3.05) is 5.32 Å². The van der Waals surface area contributed by atoms with Crippen LogP contribution in [0.25, 0.3) is 10.6 Å². The molecule has 7 heteroatoms. The first-order valence-electron chi connectivity index (χ1n) is 8.38. The fourth-order valence-electron chi connectivity index (χ4n) is 3.09. The number of aromatic nitrogens is 2. The van der Waals surface area contributed by atoms with E-state index in [0.717, 1.165) is 36.9 Å². The number of H-pyrrole nitrogens is 1. The Kier molecular flexibility index (Phi) is 4.38. The molecule has 1 amide bonds. The number of fused-ring (bicyclic) bond motifs is 1. The maximum absolute atomic E-state index is 13.9. The van der Waals surface area contributed by atoms with E-state index in [1.807, 2.05) is 0 Å². The van der Waals surface area contributed by atoms with Crippen LogP contribution in [0.15, 0.2) is 40.5 Å². The van der Waals surface area contributed by atoms with Crippen molar-refractivity contribution in [1.82, 2.24) is 9.97 Å². The van der Waals surface area contributed by atoms with Gasteiger partial charge in [0.15, 0.2) is 0 Å². The van der Waals surface area contributed by atoms with Crippen molar-refractivity contribution in [2.45, 2.75) is 25.7 Å². The van der Waals surface area contributed by atoms with E-state index in [2.05, 4.69) is 15.3 Å². The fraction of sp³-hybridized carbons (Fsp3) is 0.211. The molecule has 3 aromatic rings. The summed E-state index contributed by atoms with van der Waals surface area (Å²) < 4.78 is 13.9. The molecule has 2 heterocycles. The van der Waals surface area contributed by atoms with Gasteiger partial charge in [0.25, 0.3) is 11.5 Å². The highest BCUT2D eigenvalue weighted by molar-refractivity contribution is 7.13. The summed E-state index contributed by atoms with van der Waals surface area (Å²) >= 11 is 1.18. The molecule has 0 saturated heterocycles. The molecule has 0 radical (unpaired) electrons. The van der Waals surface area contributed by atoms with Crippen LogP contribution in [0.4, 0.5) is 10.1 Å². The van der Waals surface area contributed by atoms with Crippen LogP contribution >= 0.6 is 11.3 Å². The third-order valence-corrected chi connectivity index (χ3v) is 5.30. The maximum Gasteiger partial charge on any atom is 0.275 e. The second-order valence-corrected chi connectivity index (χ2v) is 7.05. The van der Waals surface area contributed by atoms with Crippen molar-refractivity contribution in [3.8, 4) is 10.6 Å². The highest BCUT2D eigenvalue weighted by Gasteiger charge is 2.17. The molecule has 1 aliphatic rings. The van der Waals surface area contributed by atoms with Gasteiger partial charge in [0.1, 0.15) is 22.2 Å². The highest BCUT2D eigenvalue weighted by Crippen LogP contribution is 2.26. The van der Waals surface area contributed by atoms with E-state index in [4.69, 9.17) is 0 Å². The Balaban J connectivity index is 1.58. The lowest BCUT2D eigenvalue weighted by Gasteiger charge is -2.16. The number of nitrogens with one attached hydrogen (secondary N) is 2. The van der Waals surface area contributed by atoms with Gasteiger partial charge in [0.2, 0.25) is 0 Å². The number of pyridine rings is 1. The molecule has 0 atom stereocenters. The summed E-state index contributed by atoms with van der Waals surface area (Å²) in [6, 6.07) is 8.02. The van der Waals surface area contributed by atoms with E-state index in [9.17, 15) is 14.0 Å². The van der Waals surface area contributed by atoms with Gasteiger partial charge in [-0.2, -0.15) is 0 Å². The van der Waals surface area contributed by atoms with Gasteiger partial charge in [0, 0.05) is 16.6 Å². The summed E-state index contributed by atoms with van der Waals surface area (Å²) in [5, 5.41) is 4.61.